The standard InChI is InChI=1S/C9H9F3N2O2/c10-9(11,12)5-1-4(2-6(13)3-5)7(14)8(15)16/h1-3,7H,13-14H2,(H,15,16)/t7-/m0/s1. The third-order valence-electron chi connectivity index (χ3n) is 1.93. The zero-order chi connectivity index (χ0) is 12.5. The lowest BCUT2D eigenvalue weighted by molar-refractivity contribution is -0.140. The van der Waals surface area contributed by atoms with Crippen LogP contribution < -0.4 is 11.5 Å². The molecule has 88 valence electrons. The molecule has 0 aliphatic rings. The highest BCUT2D eigenvalue weighted by atomic mass is 19.4. The molecule has 0 unspecified atom stereocenters. The summed E-state index contributed by atoms with van der Waals surface area (Å²) in [7, 11) is 0. The van der Waals surface area contributed by atoms with Gasteiger partial charge in [0.05, 0.1) is 5.56 Å². The van der Waals surface area contributed by atoms with Crippen LogP contribution in [0.15, 0.2) is 18.2 Å². The number of alkyl halides is 3. The fourth-order valence-corrected chi connectivity index (χ4v) is 1.16. The van der Waals surface area contributed by atoms with Gasteiger partial charge in [-0.3, -0.25) is 4.79 Å². The lowest BCUT2D eigenvalue weighted by Crippen LogP contribution is -2.21. The van der Waals surface area contributed by atoms with Crippen LogP contribution in [0.5, 0.6) is 0 Å². The smallest absolute Gasteiger partial charge is 0.416 e. The molecule has 0 aromatic heterocycles. The van der Waals surface area contributed by atoms with Crippen molar-refractivity contribution in [2.24, 2.45) is 5.73 Å². The molecule has 1 atom stereocenters. The van der Waals surface area contributed by atoms with Crippen LogP contribution in [0, 0.1) is 0 Å². The van der Waals surface area contributed by atoms with Gasteiger partial charge < -0.3 is 16.6 Å². The van der Waals surface area contributed by atoms with Crippen molar-refractivity contribution in [3.63, 3.8) is 0 Å². The minimum Gasteiger partial charge on any atom is -0.480 e. The van der Waals surface area contributed by atoms with Gasteiger partial charge in [0.2, 0.25) is 0 Å². The van der Waals surface area contributed by atoms with E-state index in [4.69, 9.17) is 16.6 Å². The average Bonchev–Trinajstić information content (AvgIpc) is 2.14. The highest BCUT2D eigenvalue weighted by Crippen LogP contribution is 2.32. The Hall–Kier alpha value is -1.76. The van der Waals surface area contributed by atoms with Gasteiger partial charge >= 0.3 is 12.1 Å². The summed E-state index contributed by atoms with van der Waals surface area (Å²) in [6, 6.07) is 0.978. The predicted molar refractivity (Wildman–Crippen MR) is 50.4 cm³/mol. The number of halogens is 3. The third-order valence-corrected chi connectivity index (χ3v) is 1.93. The molecule has 0 bridgehead atoms. The molecule has 0 spiro atoms. The molecule has 1 rings (SSSR count). The van der Waals surface area contributed by atoms with Gasteiger partial charge in [-0.25, -0.2) is 0 Å². The Morgan fingerprint density at radius 2 is 1.88 bits per heavy atom. The quantitative estimate of drug-likeness (QED) is 0.674. The van der Waals surface area contributed by atoms with Gasteiger partial charge in [-0.1, -0.05) is 0 Å². The molecule has 0 saturated carbocycles. The SMILES string of the molecule is Nc1cc([C@H](N)C(=O)O)cc(C(F)(F)F)c1. The minimum atomic E-state index is -4.58. The van der Waals surface area contributed by atoms with E-state index >= 15 is 0 Å². The second-order valence-corrected chi connectivity index (χ2v) is 3.20. The van der Waals surface area contributed by atoms with Crippen LogP contribution >= 0.6 is 0 Å². The Balaban J connectivity index is 3.23. The first-order valence-electron chi connectivity index (χ1n) is 4.18. The van der Waals surface area contributed by atoms with E-state index in [1.54, 1.807) is 0 Å². The number of nitrogens with two attached hydrogens (primary N) is 2. The van der Waals surface area contributed by atoms with Crippen LogP contribution in [-0.4, -0.2) is 11.1 Å². The number of carboxylic acids is 1. The van der Waals surface area contributed by atoms with Crippen molar-refractivity contribution < 1.29 is 23.1 Å². The molecule has 0 fully saturated rings. The van der Waals surface area contributed by atoms with Crippen molar-refractivity contribution in [2.75, 3.05) is 5.73 Å². The first-order chi connectivity index (χ1) is 7.21. The van der Waals surface area contributed by atoms with Crippen LogP contribution in [0.2, 0.25) is 0 Å². The summed E-state index contributed by atoms with van der Waals surface area (Å²) < 4.78 is 37.1. The average molecular weight is 234 g/mol. The van der Waals surface area contributed by atoms with E-state index in [0.29, 0.717) is 6.07 Å². The molecular weight excluding hydrogens is 225 g/mol. The molecule has 0 aliphatic heterocycles. The summed E-state index contributed by atoms with van der Waals surface area (Å²) in [6.45, 7) is 0. The first kappa shape index (κ1) is 12.3. The number of rotatable bonds is 2. The van der Waals surface area contributed by atoms with Crippen molar-refractivity contribution in [1.29, 1.82) is 0 Å². The summed E-state index contributed by atoms with van der Waals surface area (Å²) in [5.41, 5.74) is 9.07. The van der Waals surface area contributed by atoms with E-state index in [1.165, 1.54) is 0 Å². The van der Waals surface area contributed by atoms with E-state index in [-0.39, 0.29) is 11.3 Å². The third kappa shape index (κ3) is 2.63. The molecule has 1 aromatic carbocycles. The number of hydrogen-bond donors (Lipinski definition) is 3. The summed E-state index contributed by atoms with van der Waals surface area (Å²) >= 11 is 0. The zero-order valence-corrected chi connectivity index (χ0v) is 7.95. The number of carbonyl (C=O) groups is 1. The van der Waals surface area contributed by atoms with Gasteiger partial charge in [-0.15, -0.1) is 0 Å². The lowest BCUT2D eigenvalue weighted by atomic mass is 10.0. The molecule has 1 aromatic rings. The van der Waals surface area contributed by atoms with Crippen LogP contribution in [-0.2, 0) is 11.0 Å². The van der Waals surface area contributed by atoms with Crippen LogP contribution in [0.4, 0.5) is 18.9 Å². The Morgan fingerprint density at radius 1 is 1.31 bits per heavy atom. The van der Waals surface area contributed by atoms with E-state index < -0.39 is 23.8 Å². The second kappa shape index (κ2) is 4.01. The predicted octanol–water partition coefficient (Wildman–Crippen LogP) is 1.37. The minimum absolute atomic E-state index is 0.179. The Bertz CT molecular complexity index is 418. The maximum absolute atomic E-state index is 12.4. The number of hydrogen-bond acceptors (Lipinski definition) is 3. The molecule has 0 saturated heterocycles. The maximum atomic E-state index is 12.4. The van der Waals surface area contributed by atoms with Crippen LogP contribution in [0.3, 0.4) is 0 Å². The normalized spacial score (nSPS) is 13.5. The Labute approximate surface area is 88.7 Å². The van der Waals surface area contributed by atoms with Gasteiger partial charge in [0.15, 0.2) is 0 Å². The van der Waals surface area contributed by atoms with Crippen molar-refractivity contribution in [2.45, 2.75) is 12.2 Å². The molecule has 16 heavy (non-hydrogen) atoms. The first-order valence-corrected chi connectivity index (χ1v) is 4.18. The number of carboxylic acid groups (broad SMARTS) is 1. The largest absolute Gasteiger partial charge is 0.480 e. The number of nitrogen functional groups attached to an aromatic ring is 1. The summed E-state index contributed by atoms with van der Waals surface area (Å²) in [5, 5.41) is 8.57. The van der Waals surface area contributed by atoms with Crippen molar-refractivity contribution in [3.05, 3.63) is 29.3 Å². The molecule has 4 nitrogen and oxygen atoms in total. The molecule has 0 heterocycles. The molecule has 7 heteroatoms. The maximum Gasteiger partial charge on any atom is 0.416 e. The highest BCUT2D eigenvalue weighted by Gasteiger charge is 2.32. The van der Waals surface area contributed by atoms with Crippen LogP contribution in [0.25, 0.3) is 0 Å². The second-order valence-electron chi connectivity index (χ2n) is 3.20. The molecule has 5 N–H and O–H groups in total. The summed E-state index contributed by atoms with van der Waals surface area (Å²) in [6.07, 6.45) is -4.58. The Kier molecular flexibility index (Phi) is 3.09. The van der Waals surface area contributed by atoms with E-state index in [2.05, 4.69) is 0 Å². The van der Waals surface area contributed by atoms with Gasteiger partial charge in [0.1, 0.15) is 6.04 Å². The highest BCUT2D eigenvalue weighted by molar-refractivity contribution is 5.75. The molecule has 0 amide bonds. The topological polar surface area (TPSA) is 89.3 Å². The molecule has 0 radical (unpaired) electrons. The monoisotopic (exact) mass is 234 g/mol. The van der Waals surface area contributed by atoms with Crippen molar-refractivity contribution in [3.8, 4) is 0 Å². The lowest BCUT2D eigenvalue weighted by Gasteiger charge is -2.12. The molecular formula is C9H9F3N2O2. The van der Waals surface area contributed by atoms with Gasteiger partial charge in [0.25, 0.3) is 0 Å². The summed E-state index contributed by atoms with van der Waals surface area (Å²) in [5.74, 6) is -1.42. The number of aliphatic carboxylic acids is 1. The van der Waals surface area contributed by atoms with Gasteiger partial charge in [0, 0.05) is 5.69 Å². The fraction of sp³-hybridized carbons (Fsp3) is 0.222. The number of anilines is 1. The van der Waals surface area contributed by atoms with Crippen molar-refractivity contribution >= 4 is 11.7 Å². The van der Waals surface area contributed by atoms with Gasteiger partial charge in [-0.05, 0) is 23.8 Å². The van der Waals surface area contributed by atoms with Crippen LogP contribution in [0.1, 0.15) is 17.2 Å². The number of benzene rings is 1. The summed E-state index contributed by atoms with van der Waals surface area (Å²) in [4.78, 5) is 10.5. The zero-order valence-electron chi connectivity index (χ0n) is 7.95. The van der Waals surface area contributed by atoms with E-state index in [0.717, 1.165) is 12.1 Å². The molecule has 0 aliphatic carbocycles. The fourth-order valence-electron chi connectivity index (χ4n) is 1.16. The van der Waals surface area contributed by atoms with E-state index in [1.807, 2.05) is 0 Å². The van der Waals surface area contributed by atoms with Crippen molar-refractivity contribution in [1.82, 2.24) is 0 Å². The Morgan fingerprint density at radius 3 is 2.31 bits per heavy atom. The van der Waals surface area contributed by atoms with Gasteiger partial charge in [-0.2, -0.15) is 13.2 Å². The van der Waals surface area contributed by atoms with E-state index in [9.17, 15) is 18.0 Å².